The second kappa shape index (κ2) is 9.38. The van der Waals surface area contributed by atoms with E-state index in [0.717, 1.165) is 44.9 Å². The lowest BCUT2D eigenvalue weighted by atomic mass is 9.84. The largest absolute Gasteiger partial charge is 0.380 e. The van der Waals surface area contributed by atoms with Crippen molar-refractivity contribution in [1.82, 2.24) is 9.97 Å². The monoisotopic (exact) mass is 450 g/mol. The van der Waals surface area contributed by atoms with Gasteiger partial charge in [-0.3, -0.25) is 4.99 Å². The van der Waals surface area contributed by atoms with E-state index in [1.54, 1.807) is 0 Å². The fourth-order valence-corrected chi connectivity index (χ4v) is 4.09. The molecule has 1 heterocycles. The predicted molar refractivity (Wildman–Crippen MR) is 144 cm³/mol. The van der Waals surface area contributed by atoms with Crippen LogP contribution < -0.4 is 5.32 Å². The first kappa shape index (κ1) is 23.6. The molecule has 174 valence electrons. The van der Waals surface area contributed by atoms with Crippen LogP contribution in [-0.4, -0.2) is 21.2 Å². The van der Waals surface area contributed by atoms with Gasteiger partial charge in [0.1, 0.15) is 0 Å². The van der Waals surface area contributed by atoms with Gasteiger partial charge >= 0.3 is 0 Å². The van der Waals surface area contributed by atoms with E-state index in [1.165, 1.54) is 0 Å². The van der Waals surface area contributed by atoms with Crippen molar-refractivity contribution < 1.29 is 0 Å². The van der Waals surface area contributed by atoms with Crippen LogP contribution in [0.15, 0.2) is 83.9 Å². The number of para-hydroxylation sites is 2. The first-order valence-corrected chi connectivity index (χ1v) is 11.9. The van der Waals surface area contributed by atoms with Crippen LogP contribution >= 0.6 is 0 Å². The van der Waals surface area contributed by atoms with Gasteiger partial charge in [-0.15, -0.1) is 0 Å². The molecule has 0 radical (unpaired) electrons. The van der Waals surface area contributed by atoms with Gasteiger partial charge in [-0.25, -0.2) is 9.97 Å². The number of aromatic nitrogens is 2. The highest BCUT2D eigenvalue weighted by molar-refractivity contribution is 6.08. The lowest BCUT2D eigenvalue weighted by Gasteiger charge is -2.28. The van der Waals surface area contributed by atoms with Crippen molar-refractivity contribution in [3.8, 4) is 11.3 Å². The molecule has 0 amide bonds. The Labute approximate surface area is 203 Å². The van der Waals surface area contributed by atoms with Crippen LogP contribution in [0, 0.1) is 5.41 Å². The predicted octanol–water partition coefficient (Wildman–Crippen LogP) is 7.54. The van der Waals surface area contributed by atoms with Crippen LogP contribution in [0.5, 0.6) is 0 Å². The minimum absolute atomic E-state index is 0.0505. The van der Waals surface area contributed by atoms with Crippen LogP contribution in [0.4, 0.5) is 5.69 Å². The molecule has 4 rings (SSSR count). The molecule has 0 fully saturated rings. The Morgan fingerprint density at radius 3 is 2.12 bits per heavy atom. The SMILES string of the molecule is CC(C)(C)Nc1ccccc1C(=NCc1nc(-c2ccccc2)c2ccccc2n1)C(C)(C)C. The van der Waals surface area contributed by atoms with Crippen molar-refractivity contribution in [2.75, 3.05) is 5.32 Å². The molecule has 0 unspecified atom stereocenters. The number of anilines is 1. The van der Waals surface area contributed by atoms with Crippen LogP contribution in [-0.2, 0) is 6.54 Å². The highest BCUT2D eigenvalue weighted by Crippen LogP contribution is 2.30. The Hall–Kier alpha value is -3.53. The van der Waals surface area contributed by atoms with Crippen molar-refractivity contribution >= 4 is 22.3 Å². The molecule has 0 aliphatic rings. The Balaban J connectivity index is 1.79. The zero-order valence-corrected chi connectivity index (χ0v) is 21.1. The van der Waals surface area contributed by atoms with Gasteiger partial charge in [-0.05, 0) is 32.9 Å². The summed E-state index contributed by atoms with van der Waals surface area (Å²) < 4.78 is 0. The fraction of sp³-hybridized carbons (Fsp3) is 0.300. The number of aliphatic imine (C=N–C) groups is 1. The first-order valence-electron chi connectivity index (χ1n) is 11.9. The summed E-state index contributed by atoms with van der Waals surface area (Å²) >= 11 is 0. The van der Waals surface area contributed by atoms with E-state index in [4.69, 9.17) is 15.0 Å². The summed E-state index contributed by atoms with van der Waals surface area (Å²) in [5, 5.41) is 4.70. The number of benzene rings is 3. The van der Waals surface area contributed by atoms with Crippen molar-refractivity contribution in [2.24, 2.45) is 10.4 Å². The Bertz CT molecular complexity index is 1310. The minimum Gasteiger partial charge on any atom is -0.380 e. The number of rotatable bonds is 5. The molecular weight excluding hydrogens is 416 g/mol. The molecule has 4 aromatic rings. The lowest BCUT2D eigenvalue weighted by Crippen LogP contribution is -2.29. The summed E-state index contributed by atoms with van der Waals surface area (Å²) in [7, 11) is 0. The number of nitrogens with one attached hydrogen (secondary N) is 1. The Morgan fingerprint density at radius 1 is 0.765 bits per heavy atom. The molecule has 1 N–H and O–H groups in total. The average Bonchev–Trinajstić information content (AvgIpc) is 2.78. The lowest BCUT2D eigenvalue weighted by molar-refractivity contribution is 0.587. The third-order valence-electron chi connectivity index (χ3n) is 5.48. The molecule has 0 spiro atoms. The maximum absolute atomic E-state index is 5.12. The van der Waals surface area contributed by atoms with Crippen LogP contribution in [0.25, 0.3) is 22.2 Å². The van der Waals surface area contributed by atoms with Crippen molar-refractivity contribution in [3.05, 3.63) is 90.3 Å². The molecular formula is C30H34N4. The summed E-state index contributed by atoms with van der Waals surface area (Å²) in [5.41, 5.74) is 6.03. The van der Waals surface area contributed by atoms with Gasteiger partial charge in [-0.2, -0.15) is 0 Å². The highest BCUT2D eigenvalue weighted by Gasteiger charge is 2.24. The molecule has 0 aliphatic carbocycles. The van der Waals surface area contributed by atoms with Gasteiger partial charge in [0.15, 0.2) is 5.82 Å². The van der Waals surface area contributed by atoms with E-state index < -0.39 is 0 Å². The van der Waals surface area contributed by atoms with E-state index in [9.17, 15) is 0 Å². The molecule has 4 nitrogen and oxygen atoms in total. The van der Waals surface area contributed by atoms with Crippen molar-refractivity contribution in [2.45, 2.75) is 53.6 Å². The Kier molecular flexibility index (Phi) is 6.52. The fourth-order valence-electron chi connectivity index (χ4n) is 4.09. The molecule has 1 aromatic heterocycles. The van der Waals surface area contributed by atoms with E-state index in [2.05, 4.69) is 89.3 Å². The maximum Gasteiger partial charge on any atom is 0.151 e. The molecule has 3 aromatic carbocycles. The van der Waals surface area contributed by atoms with Gasteiger partial charge in [0, 0.05) is 38.9 Å². The van der Waals surface area contributed by atoms with Crippen molar-refractivity contribution in [3.63, 3.8) is 0 Å². The molecule has 0 saturated carbocycles. The van der Waals surface area contributed by atoms with Gasteiger partial charge in [0.05, 0.1) is 17.8 Å². The quantitative estimate of drug-likeness (QED) is 0.319. The van der Waals surface area contributed by atoms with E-state index in [-0.39, 0.29) is 11.0 Å². The number of hydrogen-bond acceptors (Lipinski definition) is 4. The zero-order valence-electron chi connectivity index (χ0n) is 21.1. The molecule has 0 atom stereocenters. The highest BCUT2D eigenvalue weighted by atomic mass is 15.0. The second-order valence-corrected chi connectivity index (χ2v) is 10.7. The van der Waals surface area contributed by atoms with Gasteiger partial charge < -0.3 is 5.32 Å². The first-order chi connectivity index (χ1) is 16.1. The standard InChI is InChI=1S/C30H34N4/c1-29(2,3)28(23-17-11-13-19-25(23)34-30(4,5)6)31-20-26-32-24-18-12-10-16-22(24)27(33-26)21-14-8-7-9-15-21/h7-19,34H,20H2,1-6H3. The third kappa shape index (κ3) is 5.51. The maximum atomic E-state index is 5.12. The van der Waals surface area contributed by atoms with Gasteiger partial charge in [0.25, 0.3) is 0 Å². The second-order valence-electron chi connectivity index (χ2n) is 10.7. The smallest absolute Gasteiger partial charge is 0.151 e. The van der Waals surface area contributed by atoms with E-state index in [1.807, 2.05) is 36.4 Å². The summed E-state index contributed by atoms with van der Waals surface area (Å²) in [4.78, 5) is 14.9. The third-order valence-corrected chi connectivity index (χ3v) is 5.48. The van der Waals surface area contributed by atoms with E-state index >= 15 is 0 Å². The van der Waals surface area contributed by atoms with Crippen LogP contribution in [0.3, 0.4) is 0 Å². The summed E-state index contributed by atoms with van der Waals surface area (Å²) in [6.07, 6.45) is 0. The zero-order chi connectivity index (χ0) is 24.3. The number of hydrogen-bond donors (Lipinski definition) is 1. The minimum atomic E-state index is -0.144. The molecule has 0 saturated heterocycles. The van der Waals surface area contributed by atoms with Crippen molar-refractivity contribution in [1.29, 1.82) is 0 Å². The summed E-state index contributed by atoms with van der Waals surface area (Å²) in [6.45, 7) is 13.5. The number of fused-ring (bicyclic) bond motifs is 1. The van der Waals surface area contributed by atoms with E-state index in [0.29, 0.717) is 6.54 Å². The van der Waals surface area contributed by atoms with Crippen LogP contribution in [0.2, 0.25) is 0 Å². The molecule has 34 heavy (non-hydrogen) atoms. The number of nitrogens with zero attached hydrogens (tertiary/aromatic N) is 3. The average molecular weight is 451 g/mol. The Morgan fingerprint density at radius 2 is 1.41 bits per heavy atom. The van der Waals surface area contributed by atoms with Gasteiger partial charge in [-0.1, -0.05) is 87.5 Å². The topological polar surface area (TPSA) is 50.2 Å². The summed E-state index contributed by atoms with van der Waals surface area (Å²) in [6, 6.07) is 26.9. The normalized spacial score (nSPS) is 12.7. The molecule has 4 heteroatoms. The molecule has 0 aliphatic heterocycles. The molecule has 0 bridgehead atoms. The van der Waals surface area contributed by atoms with Gasteiger partial charge in [0.2, 0.25) is 0 Å². The van der Waals surface area contributed by atoms with Crippen LogP contribution in [0.1, 0.15) is 52.9 Å². The summed E-state index contributed by atoms with van der Waals surface area (Å²) in [5.74, 6) is 0.723.